The SMILES string of the molecule is CCCC(C)NC(=O)C(C)n1nc(C)cc1C. The van der Waals surface area contributed by atoms with Gasteiger partial charge in [-0.25, -0.2) is 0 Å². The largest absolute Gasteiger partial charge is 0.352 e. The Morgan fingerprint density at radius 2 is 2.12 bits per heavy atom. The van der Waals surface area contributed by atoms with Gasteiger partial charge in [0.1, 0.15) is 6.04 Å². The number of nitrogens with zero attached hydrogens (tertiary/aromatic N) is 2. The highest BCUT2D eigenvalue weighted by molar-refractivity contribution is 5.80. The molecule has 4 nitrogen and oxygen atoms in total. The first-order valence-corrected chi connectivity index (χ1v) is 6.28. The molecule has 1 heterocycles. The maximum Gasteiger partial charge on any atom is 0.244 e. The molecular weight excluding hydrogens is 214 g/mol. The summed E-state index contributed by atoms with van der Waals surface area (Å²) in [5.41, 5.74) is 1.97. The van der Waals surface area contributed by atoms with Gasteiger partial charge >= 0.3 is 0 Å². The van der Waals surface area contributed by atoms with E-state index in [0.29, 0.717) is 0 Å². The molecule has 1 aromatic heterocycles. The lowest BCUT2D eigenvalue weighted by molar-refractivity contribution is -0.124. The van der Waals surface area contributed by atoms with Crippen molar-refractivity contribution in [1.29, 1.82) is 0 Å². The normalized spacial score (nSPS) is 14.4. The summed E-state index contributed by atoms with van der Waals surface area (Å²) in [5.74, 6) is 0.0390. The maximum absolute atomic E-state index is 12.0. The lowest BCUT2D eigenvalue weighted by Crippen LogP contribution is -2.37. The van der Waals surface area contributed by atoms with Crippen molar-refractivity contribution in [3.8, 4) is 0 Å². The number of amides is 1. The minimum atomic E-state index is -0.247. The van der Waals surface area contributed by atoms with Crippen LogP contribution >= 0.6 is 0 Å². The second-order valence-electron chi connectivity index (χ2n) is 4.75. The van der Waals surface area contributed by atoms with E-state index in [9.17, 15) is 4.79 Å². The molecule has 0 fully saturated rings. The Balaban J connectivity index is 2.66. The molecule has 0 bridgehead atoms. The molecule has 96 valence electrons. The molecule has 0 aliphatic heterocycles. The van der Waals surface area contributed by atoms with Crippen molar-refractivity contribution < 1.29 is 4.79 Å². The van der Waals surface area contributed by atoms with Crippen LogP contribution in [0.4, 0.5) is 0 Å². The number of aryl methyl sites for hydroxylation is 2. The van der Waals surface area contributed by atoms with Crippen molar-refractivity contribution in [2.75, 3.05) is 0 Å². The lowest BCUT2D eigenvalue weighted by Gasteiger charge is -2.18. The fraction of sp³-hybridized carbons (Fsp3) is 0.692. The molecule has 0 saturated carbocycles. The third-order valence-electron chi connectivity index (χ3n) is 2.90. The van der Waals surface area contributed by atoms with E-state index < -0.39 is 0 Å². The predicted octanol–water partition coefficient (Wildman–Crippen LogP) is 2.37. The van der Waals surface area contributed by atoms with Crippen molar-refractivity contribution in [1.82, 2.24) is 15.1 Å². The van der Waals surface area contributed by atoms with E-state index in [1.165, 1.54) is 0 Å². The van der Waals surface area contributed by atoms with Crippen LogP contribution in [0.2, 0.25) is 0 Å². The minimum absolute atomic E-state index is 0.0390. The van der Waals surface area contributed by atoms with Crippen LogP contribution in [0.15, 0.2) is 6.07 Å². The van der Waals surface area contributed by atoms with Crippen LogP contribution in [0.25, 0.3) is 0 Å². The second-order valence-corrected chi connectivity index (χ2v) is 4.75. The summed E-state index contributed by atoms with van der Waals surface area (Å²) in [6, 6.07) is 1.97. The van der Waals surface area contributed by atoms with Crippen molar-refractivity contribution in [2.45, 2.75) is 59.5 Å². The topological polar surface area (TPSA) is 46.9 Å². The Labute approximate surface area is 103 Å². The zero-order chi connectivity index (χ0) is 13.0. The van der Waals surface area contributed by atoms with E-state index in [0.717, 1.165) is 24.2 Å². The molecule has 1 N–H and O–H groups in total. The van der Waals surface area contributed by atoms with Crippen LogP contribution in [0.5, 0.6) is 0 Å². The molecule has 17 heavy (non-hydrogen) atoms. The number of hydrogen-bond acceptors (Lipinski definition) is 2. The van der Waals surface area contributed by atoms with Gasteiger partial charge in [0, 0.05) is 11.7 Å². The summed E-state index contributed by atoms with van der Waals surface area (Å²) in [7, 11) is 0. The van der Waals surface area contributed by atoms with E-state index in [2.05, 4.69) is 17.3 Å². The highest BCUT2D eigenvalue weighted by Gasteiger charge is 2.18. The number of rotatable bonds is 5. The van der Waals surface area contributed by atoms with Crippen molar-refractivity contribution in [3.63, 3.8) is 0 Å². The molecule has 0 spiro atoms. The second kappa shape index (κ2) is 5.84. The Bertz CT molecular complexity index is 384. The molecule has 0 aliphatic carbocycles. The summed E-state index contributed by atoms with van der Waals surface area (Å²) >= 11 is 0. The fourth-order valence-corrected chi connectivity index (χ4v) is 2.02. The lowest BCUT2D eigenvalue weighted by atomic mass is 10.2. The summed E-state index contributed by atoms with van der Waals surface area (Å²) < 4.78 is 1.78. The first-order valence-electron chi connectivity index (χ1n) is 6.28. The van der Waals surface area contributed by atoms with Crippen molar-refractivity contribution in [2.24, 2.45) is 0 Å². The van der Waals surface area contributed by atoms with Gasteiger partial charge in [-0.3, -0.25) is 9.48 Å². The summed E-state index contributed by atoms with van der Waals surface area (Å²) in [5, 5.41) is 7.36. The van der Waals surface area contributed by atoms with Crippen LogP contribution < -0.4 is 5.32 Å². The zero-order valence-corrected chi connectivity index (χ0v) is 11.4. The summed E-state index contributed by atoms with van der Waals surface area (Å²) in [6.45, 7) is 9.95. The molecule has 0 saturated heterocycles. The van der Waals surface area contributed by atoms with E-state index >= 15 is 0 Å². The van der Waals surface area contributed by atoms with E-state index in [-0.39, 0.29) is 18.0 Å². The number of aromatic nitrogens is 2. The number of carbonyl (C=O) groups excluding carboxylic acids is 1. The first-order chi connectivity index (χ1) is 7.95. The van der Waals surface area contributed by atoms with Crippen LogP contribution in [0.1, 0.15) is 51.0 Å². The highest BCUT2D eigenvalue weighted by atomic mass is 16.2. The van der Waals surface area contributed by atoms with Gasteiger partial charge in [-0.1, -0.05) is 13.3 Å². The molecule has 1 aromatic rings. The zero-order valence-electron chi connectivity index (χ0n) is 11.4. The third-order valence-corrected chi connectivity index (χ3v) is 2.90. The van der Waals surface area contributed by atoms with E-state index in [4.69, 9.17) is 0 Å². The van der Waals surface area contributed by atoms with Crippen molar-refractivity contribution >= 4 is 5.91 Å². The Morgan fingerprint density at radius 3 is 2.59 bits per heavy atom. The number of hydrogen-bond donors (Lipinski definition) is 1. The molecule has 1 rings (SSSR count). The predicted molar refractivity (Wildman–Crippen MR) is 68.9 cm³/mol. The average Bonchev–Trinajstić information content (AvgIpc) is 2.56. The Morgan fingerprint density at radius 1 is 1.47 bits per heavy atom. The van der Waals surface area contributed by atoms with Crippen LogP contribution in [-0.2, 0) is 4.79 Å². The number of carbonyl (C=O) groups is 1. The van der Waals surface area contributed by atoms with Gasteiger partial charge in [0.05, 0.1) is 5.69 Å². The molecule has 0 aliphatic rings. The average molecular weight is 237 g/mol. The first kappa shape index (κ1) is 13.7. The Hall–Kier alpha value is -1.32. The molecule has 0 radical (unpaired) electrons. The van der Waals surface area contributed by atoms with Crippen LogP contribution in [-0.4, -0.2) is 21.7 Å². The van der Waals surface area contributed by atoms with Gasteiger partial charge in [0.2, 0.25) is 5.91 Å². The number of nitrogens with one attached hydrogen (secondary N) is 1. The highest BCUT2D eigenvalue weighted by Crippen LogP contribution is 2.11. The quantitative estimate of drug-likeness (QED) is 0.854. The van der Waals surface area contributed by atoms with Crippen molar-refractivity contribution in [3.05, 3.63) is 17.5 Å². The van der Waals surface area contributed by atoms with Gasteiger partial charge in [0.25, 0.3) is 0 Å². The summed E-state index contributed by atoms with van der Waals surface area (Å²) in [4.78, 5) is 12.0. The maximum atomic E-state index is 12.0. The third kappa shape index (κ3) is 3.58. The molecular formula is C13H23N3O. The fourth-order valence-electron chi connectivity index (χ4n) is 2.02. The van der Waals surface area contributed by atoms with Gasteiger partial charge in [-0.15, -0.1) is 0 Å². The molecule has 0 aromatic carbocycles. The standard InChI is InChI=1S/C13H23N3O/c1-6-7-9(2)14-13(17)12(5)16-11(4)8-10(3)15-16/h8-9,12H,6-7H2,1-5H3,(H,14,17). The molecule has 2 atom stereocenters. The smallest absolute Gasteiger partial charge is 0.244 e. The Kier molecular flexibility index (Phi) is 4.73. The summed E-state index contributed by atoms with van der Waals surface area (Å²) in [6.07, 6.45) is 2.09. The molecule has 1 amide bonds. The minimum Gasteiger partial charge on any atom is -0.352 e. The van der Waals surface area contributed by atoms with E-state index in [1.54, 1.807) is 4.68 Å². The van der Waals surface area contributed by atoms with Gasteiger partial charge in [-0.05, 0) is 40.2 Å². The monoisotopic (exact) mass is 237 g/mol. The van der Waals surface area contributed by atoms with Gasteiger partial charge in [-0.2, -0.15) is 5.10 Å². The van der Waals surface area contributed by atoms with Gasteiger partial charge < -0.3 is 5.32 Å². The van der Waals surface area contributed by atoms with Crippen LogP contribution in [0, 0.1) is 13.8 Å². The van der Waals surface area contributed by atoms with Gasteiger partial charge in [0.15, 0.2) is 0 Å². The molecule has 2 unspecified atom stereocenters. The van der Waals surface area contributed by atoms with Crippen LogP contribution in [0.3, 0.4) is 0 Å². The molecule has 4 heteroatoms. The van der Waals surface area contributed by atoms with E-state index in [1.807, 2.05) is 33.8 Å².